The molecule has 0 aromatic heterocycles. The van der Waals surface area contributed by atoms with Crippen LogP contribution in [0.3, 0.4) is 0 Å². The summed E-state index contributed by atoms with van der Waals surface area (Å²) < 4.78 is 4.77. The first kappa shape index (κ1) is 14.3. The summed E-state index contributed by atoms with van der Waals surface area (Å²) in [6.45, 7) is 2.92. The summed E-state index contributed by atoms with van der Waals surface area (Å²) in [7, 11) is 3.48. The van der Waals surface area contributed by atoms with Crippen LogP contribution in [-0.2, 0) is 14.3 Å². The standard InChI is InChI=1S/C14H24N2O3/c1-16-9-5-11(10-16)4-8-15-12(17)14(6-3-7-14)13(18)19-2/h11H,3-10H2,1-2H3,(H,15,17). The summed E-state index contributed by atoms with van der Waals surface area (Å²) in [5.74, 6) is 0.148. The van der Waals surface area contributed by atoms with Crippen LogP contribution in [0.5, 0.6) is 0 Å². The maximum atomic E-state index is 12.2. The number of hydrogen-bond acceptors (Lipinski definition) is 4. The molecule has 0 bridgehead atoms. The molecule has 0 radical (unpaired) electrons. The van der Waals surface area contributed by atoms with Gasteiger partial charge in [0.05, 0.1) is 7.11 Å². The fourth-order valence-electron chi connectivity index (χ4n) is 3.07. The molecular weight excluding hydrogens is 244 g/mol. The van der Waals surface area contributed by atoms with Crippen LogP contribution in [-0.4, -0.2) is 50.6 Å². The first-order chi connectivity index (χ1) is 9.08. The number of likely N-dealkylation sites (tertiary alicyclic amines) is 1. The smallest absolute Gasteiger partial charge is 0.321 e. The molecule has 1 saturated carbocycles. The molecule has 19 heavy (non-hydrogen) atoms. The van der Waals surface area contributed by atoms with Gasteiger partial charge in [-0.3, -0.25) is 9.59 Å². The number of carbonyl (C=O) groups excluding carboxylic acids is 2. The number of rotatable bonds is 5. The average Bonchev–Trinajstić information content (AvgIpc) is 2.73. The van der Waals surface area contributed by atoms with Crippen LogP contribution in [0.4, 0.5) is 0 Å². The van der Waals surface area contributed by atoms with E-state index in [4.69, 9.17) is 4.74 Å². The first-order valence-corrected chi connectivity index (χ1v) is 7.14. The predicted octanol–water partition coefficient (Wildman–Crippen LogP) is 0.788. The van der Waals surface area contributed by atoms with E-state index in [9.17, 15) is 9.59 Å². The lowest BCUT2D eigenvalue weighted by Crippen LogP contribution is -2.51. The highest BCUT2D eigenvalue weighted by atomic mass is 16.5. The number of nitrogens with one attached hydrogen (secondary N) is 1. The van der Waals surface area contributed by atoms with Crippen LogP contribution in [0.1, 0.15) is 32.1 Å². The molecule has 5 nitrogen and oxygen atoms in total. The van der Waals surface area contributed by atoms with Crippen molar-refractivity contribution in [2.24, 2.45) is 11.3 Å². The van der Waals surface area contributed by atoms with Crippen molar-refractivity contribution in [3.05, 3.63) is 0 Å². The Morgan fingerprint density at radius 2 is 2.16 bits per heavy atom. The normalized spacial score (nSPS) is 25.7. The van der Waals surface area contributed by atoms with E-state index in [1.54, 1.807) is 0 Å². The van der Waals surface area contributed by atoms with Gasteiger partial charge in [0.15, 0.2) is 0 Å². The Bertz CT molecular complexity index is 353. The molecule has 2 fully saturated rings. The summed E-state index contributed by atoms with van der Waals surface area (Å²) in [6, 6.07) is 0. The molecular formula is C14H24N2O3. The van der Waals surface area contributed by atoms with Gasteiger partial charge in [-0.1, -0.05) is 6.42 Å². The third kappa shape index (κ3) is 2.91. The van der Waals surface area contributed by atoms with Crippen molar-refractivity contribution in [1.29, 1.82) is 0 Å². The fraction of sp³-hybridized carbons (Fsp3) is 0.857. The van der Waals surface area contributed by atoms with E-state index in [1.165, 1.54) is 13.5 Å². The molecule has 1 N–H and O–H groups in total. The highest BCUT2D eigenvalue weighted by Gasteiger charge is 2.51. The van der Waals surface area contributed by atoms with Gasteiger partial charge in [-0.05, 0) is 45.2 Å². The van der Waals surface area contributed by atoms with Crippen molar-refractivity contribution in [1.82, 2.24) is 10.2 Å². The van der Waals surface area contributed by atoms with Gasteiger partial charge in [-0.2, -0.15) is 0 Å². The highest BCUT2D eigenvalue weighted by Crippen LogP contribution is 2.42. The molecule has 2 rings (SSSR count). The summed E-state index contributed by atoms with van der Waals surface area (Å²) in [5, 5.41) is 2.92. The largest absolute Gasteiger partial charge is 0.468 e. The van der Waals surface area contributed by atoms with Gasteiger partial charge in [-0.15, -0.1) is 0 Å². The van der Waals surface area contributed by atoms with Gasteiger partial charge in [-0.25, -0.2) is 0 Å². The zero-order valence-electron chi connectivity index (χ0n) is 11.9. The minimum absolute atomic E-state index is 0.142. The second-order valence-electron chi connectivity index (χ2n) is 5.89. The number of amides is 1. The van der Waals surface area contributed by atoms with Crippen LogP contribution < -0.4 is 5.32 Å². The van der Waals surface area contributed by atoms with Crippen molar-refractivity contribution in [2.75, 3.05) is 33.8 Å². The average molecular weight is 268 g/mol. The zero-order chi connectivity index (χ0) is 13.9. The molecule has 1 aliphatic heterocycles. The van der Waals surface area contributed by atoms with Gasteiger partial charge >= 0.3 is 5.97 Å². The molecule has 1 unspecified atom stereocenters. The van der Waals surface area contributed by atoms with Gasteiger partial charge in [0.25, 0.3) is 0 Å². The predicted molar refractivity (Wildman–Crippen MR) is 71.5 cm³/mol. The van der Waals surface area contributed by atoms with Gasteiger partial charge in [0.1, 0.15) is 5.41 Å². The van der Waals surface area contributed by atoms with E-state index in [1.807, 2.05) is 0 Å². The second kappa shape index (κ2) is 5.90. The molecule has 0 spiro atoms. The Kier molecular flexibility index (Phi) is 4.45. The maximum absolute atomic E-state index is 12.2. The Labute approximate surface area is 114 Å². The molecule has 0 aromatic rings. The van der Waals surface area contributed by atoms with Crippen molar-refractivity contribution in [3.63, 3.8) is 0 Å². The quantitative estimate of drug-likeness (QED) is 0.591. The van der Waals surface area contributed by atoms with Crippen molar-refractivity contribution in [2.45, 2.75) is 32.1 Å². The molecule has 1 atom stereocenters. The molecule has 1 heterocycles. The summed E-state index contributed by atoms with van der Waals surface area (Å²) >= 11 is 0. The van der Waals surface area contributed by atoms with Gasteiger partial charge in [0, 0.05) is 13.1 Å². The zero-order valence-corrected chi connectivity index (χ0v) is 11.9. The third-order valence-corrected chi connectivity index (χ3v) is 4.54. The Morgan fingerprint density at radius 1 is 1.42 bits per heavy atom. The Morgan fingerprint density at radius 3 is 2.63 bits per heavy atom. The van der Waals surface area contributed by atoms with E-state index >= 15 is 0 Å². The molecule has 1 amide bonds. The van der Waals surface area contributed by atoms with Crippen LogP contribution >= 0.6 is 0 Å². The molecule has 1 aliphatic carbocycles. The fourth-order valence-corrected chi connectivity index (χ4v) is 3.07. The molecule has 0 aromatic carbocycles. The Balaban J connectivity index is 1.76. The van der Waals surface area contributed by atoms with Crippen molar-refractivity contribution in [3.8, 4) is 0 Å². The van der Waals surface area contributed by atoms with Crippen LogP contribution in [0.2, 0.25) is 0 Å². The third-order valence-electron chi connectivity index (χ3n) is 4.54. The first-order valence-electron chi connectivity index (χ1n) is 7.14. The number of methoxy groups -OCH3 is 1. The van der Waals surface area contributed by atoms with E-state index in [0.29, 0.717) is 25.3 Å². The van der Waals surface area contributed by atoms with Crippen LogP contribution in [0, 0.1) is 11.3 Å². The van der Waals surface area contributed by atoms with Gasteiger partial charge < -0.3 is 15.0 Å². The van der Waals surface area contributed by atoms with Crippen molar-refractivity contribution < 1.29 is 14.3 Å². The number of ether oxygens (including phenoxy) is 1. The van der Waals surface area contributed by atoms with E-state index in [-0.39, 0.29) is 11.9 Å². The lowest BCUT2D eigenvalue weighted by molar-refractivity contribution is -0.165. The molecule has 5 heteroatoms. The molecule has 2 aliphatic rings. The molecule has 108 valence electrons. The second-order valence-corrected chi connectivity index (χ2v) is 5.89. The maximum Gasteiger partial charge on any atom is 0.321 e. The number of nitrogens with zero attached hydrogens (tertiary/aromatic N) is 1. The Hall–Kier alpha value is -1.10. The SMILES string of the molecule is COC(=O)C1(C(=O)NCCC2CCN(C)C2)CCC1. The molecule has 1 saturated heterocycles. The van der Waals surface area contributed by atoms with E-state index in [0.717, 1.165) is 25.9 Å². The number of hydrogen-bond donors (Lipinski definition) is 1. The summed E-state index contributed by atoms with van der Waals surface area (Å²) in [5.41, 5.74) is -0.888. The highest BCUT2D eigenvalue weighted by molar-refractivity contribution is 6.03. The van der Waals surface area contributed by atoms with Crippen LogP contribution in [0.15, 0.2) is 0 Å². The lowest BCUT2D eigenvalue weighted by atomic mass is 9.68. The monoisotopic (exact) mass is 268 g/mol. The van der Waals surface area contributed by atoms with Crippen molar-refractivity contribution >= 4 is 11.9 Å². The minimum atomic E-state index is -0.888. The van der Waals surface area contributed by atoms with E-state index < -0.39 is 5.41 Å². The topological polar surface area (TPSA) is 58.6 Å². The van der Waals surface area contributed by atoms with E-state index in [2.05, 4.69) is 17.3 Å². The number of carbonyl (C=O) groups is 2. The van der Waals surface area contributed by atoms with Gasteiger partial charge in [0.2, 0.25) is 5.91 Å². The minimum Gasteiger partial charge on any atom is -0.468 e. The summed E-state index contributed by atoms with van der Waals surface area (Å²) in [4.78, 5) is 26.2. The summed E-state index contributed by atoms with van der Waals surface area (Å²) in [6.07, 6.45) is 4.37. The van der Waals surface area contributed by atoms with Crippen LogP contribution in [0.25, 0.3) is 0 Å². The number of esters is 1. The lowest BCUT2D eigenvalue weighted by Gasteiger charge is -2.37.